The Morgan fingerprint density at radius 1 is 0.967 bits per heavy atom. The number of carbonyl (C=O) groups is 1. The Morgan fingerprint density at radius 3 is 2.37 bits per heavy atom. The van der Waals surface area contributed by atoms with Crippen molar-refractivity contribution in [1.82, 2.24) is 4.31 Å². The van der Waals surface area contributed by atoms with Crippen LogP contribution in [-0.2, 0) is 21.2 Å². The number of fused-ring (bicyclic) bond motifs is 1. The zero-order valence-corrected chi connectivity index (χ0v) is 17.9. The van der Waals surface area contributed by atoms with E-state index in [0.29, 0.717) is 24.7 Å². The highest BCUT2D eigenvalue weighted by molar-refractivity contribution is 7.89. The average molecular weight is 423 g/mol. The lowest BCUT2D eigenvalue weighted by Gasteiger charge is -2.29. The minimum atomic E-state index is -3.48. The molecule has 30 heavy (non-hydrogen) atoms. The molecule has 5 nitrogen and oxygen atoms in total. The quantitative estimate of drug-likeness (QED) is 0.661. The minimum Gasteiger partial charge on any atom is -0.326 e. The van der Waals surface area contributed by atoms with Crippen LogP contribution in [0.3, 0.4) is 0 Å². The van der Waals surface area contributed by atoms with E-state index in [1.807, 2.05) is 42.5 Å². The molecule has 0 saturated carbocycles. The van der Waals surface area contributed by atoms with Crippen LogP contribution in [0.1, 0.15) is 25.3 Å². The first-order chi connectivity index (χ1) is 14.4. The zero-order valence-electron chi connectivity index (χ0n) is 17.0. The Morgan fingerprint density at radius 2 is 1.63 bits per heavy atom. The Balaban J connectivity index is 1.44. The molecule has 1 saturated heterocycles. The van der Waals surface area contributed by atoms with Crippen LogP contribution in [0.4, 0.5) is 5.69 Å². The van der Waals surface area contributed by atoms with E-state index in [1.54, 1.807) is 28.6 Å². The van der Waals surface area contributed by atoms with Crippen LogP contribution >= 0.6 is 0 Å². The molecule has 0 bridgehead atoms. The van der Waals surface area contributed by atoms with E-state index in [9.17, 15) is 13.2 Å². The van der Waals surface area contributed by atoms with Crippen LogP contribution in [0, 0.1) is 5.92 Å². The number of hydrogen-bond acceptors (Lipinski definition) is 3. The molecule has 6 heteroatoms. The van der Waals surface area contributed by atoms with Gasteiger partial charge in [0.2, 0.25) is 15.9 Å². The highest BCUT2D eigenvalue weighted by atomic mass is 32.2. The van der Waals surface area contributed by atoms with Crippen LogP contribution in [-0.4, -0.2) is 31.7 Å². The van der Waals surface area contributed by atoms with E-state index in [-0.39, 0.29) is 17.2 Å². The van der Waals surface area contributed by atoms with Gasteiger partial charge in [-0.2, -0.15) is 4.31 Å². The summed E-state index contributed by atoms with van der Waals surface area (Å²) in [5, 5.41) is 5.04. The van der Waals surface area contributed by atoms with E-state index in [4.69, 9.17) is 0 Å². The first kappa shape index (κ1) is 20.6. The predicted octanol–water partition coefficient (Wildman–Crippen LogP) is 4.44. The second-order valence-corrected chi connectivity index (χ2v) is 9.91. The lowest BCUT2D eigenvalue weighted by Crippen LogP contribution is -2.37. The maximum Gasteiger partial charge on any atom is 0.243 e. The Hall–Kier alpha value is -2.70. The molecule has 1 aliphatic rings. The van der Waals surface area contributed by atoms with Crippen LogP contribution in [0.5, 0.6) is 0 Å². The molecule has 0 aromatic heterocycles. The standard InChI is InChI=1S/C24H26N2O3S/c1-18-13-15-26(16-14-18)30(28,29)22-11-9-21(10-12-22)25-24(27)17-20-7-4-6-19-5-2-3-8-23(19)20/h2-12,18H,13-17H2,1H3,(H,25,27). The van der Waals surface area contributed by atoms with E-state index >= 15 is 0 Å². The van der Waals surface area contributed by atoms with Gasteiger partial charge in [0.1, 0.15) is 0 Å². The molecule has 3 aromatic rings. The predicted molar refractivity (Wildman–Crippen MR) is 120 cm³/mol. The summed E-state index contributed by atoms with van der Waals surface area (Å²) in [5.41, 5.74) is 1.55. The molecule has 0 unspecified atom stereocenters. The van der Waals surface area contributed by atoms with E-state index in [2.05, 4.69) is 12.2 Å². The molecular formula is C24H26N2O3S. The lowest BCUT2D eigenvalue weighted by molar-refractivity contribution is -0.115. The van der Waals surface area contributed by atoms with Gasteiger partial charge in [-0.05, 0) is 59.4 Å². The fraction of sp³-hybridized carbons (Fsp3) is 0.292. The number of nitrogens with zero attached hydrogens (tertiary/aromatic N) is 1. The van der Waals surface area contributed by atoms with Crippen LogP contribution < -0.4 is 5.32 Å². The summed E-state index contributed by atoms with van der Waals surface area (Å²) in [7, 11) is -3.48. The Labute approximate surface area is 177 Å². The van der Waals surface area contributed by atoms with Gasteiger partial charge in [-0.15, -0.1) is 0 Å². The number of hydrogen-bond donors (Lipinski definition) is 1. The van der Waals surface area contributed by atoms with Crippen molar-refractivity contribution < 1.29 is 13.2 Å². The van der Waals surface area contributed by atoms with Gasteiger partial charge >= 0.3 is 0 Å². The third-order valence-electron chi connectivity index (χ3n) is 5.75. The molecule has 1 fully saturated rings. The number of nitrogens with one attached hydrogen (secondary N) is 1. The van der Waals surface area contributed by atoms with E-state index in [1.165, 1.54) is 0 Å². The maximum absolute atomic E-state index is 12.8. The number of benzene rings is 3. The first-order valence-corrected chi connectivity index (χ1v) is 11.7. The van der Waals surface area contributed by atoms with Gasteiger partial charge in [-0.1, -0.05) is 49.4 Å². The van der Waals surface area contributed by atoms with Gasteiger partial charge in [0, 0.05) is 18.8 Å². The molecule has 0 aliphatic carbocycles. The van der Waals surface area contributed by atoms with E-state index in [0.717, 1.165) is 29.2 Å². The average Bonchev–Trinajstić information content (AvgIpc) is 2.75. The molecule has 1 aliphatic heterocycles. The summed E-state index contributed by atoms with van der Waals surface area (Å²) in [4.78, 5) is 12.8. The van der Waals surface area contributed by atoms with Crippen molar-refractivity contribution in [3.63, 3.8) is 0 Å². The fourth-order valence-corrected chi connectivity index (χ4v) is 5.38. The van der Waals surface area contributed by atoms with Gasteiger partial charge < -0.3 is 5.32 Å². The summed E-state index contributed by atoms with van der Waals surface area (Å²) >= 11 is 0. The molecule has 1 heterocycles. The number of carbonyl (C=O) groups excluding carboxylic acids is 1. The van der Waals surface area contributed by atoms with Crippen molar-refractivity contribution in [1.29, 1.82) is 0 Å². The van der Waals surface area contributed by atoms with Crippen molar-refractivity contribution in [3.05, 3.63) is 72.3 Å². The number of rotatable bonds is 5. The monoisotopic (exact) mass is 422 g/mol. The summed E-state index contributed by atoms with van der Waals surface area (Å²) in [6.07, 6.45) is 2.04. The third kappa shape index (κ3) is 4.40. The van der Waals surface area contributed by atoms with Gasteiger partial charge in [0.15, 0.2) is 0 Å². The molecule has 0 atom stereocenters. The number of anilines is 1. The second-order valence-electron chi connectivity index (χ2n) is 7.97. The first-order valence-electron chi connectivity index (χ1n) is 10.3. The second kappa shape index (κ2) is 8.58. The minimum absolute atomic E-state index is 0.132. The number of amides is 1. The van der Waals surface area contributed by atoms with Crippen molar-refractivity contribution >= 4 is 32.4 Å². The summed E-state index contributed by atoms with van der Waals surface area (Å²) in [5.74, 6) is 0.433. The van der Waals surface area contributed by atoms with Crippen molar-refractivity contribution in [3.8, 4) is 0 Å². The molecule has 156 valence electrons. The van der Waals surface area contributed by atoms with Crippen molar-refractivity contribution in [2.24, 2.45) is 5.92 Å². The summed E-state index contributed by atoms with van der Waals surface area (Å²) in [6.45, 7) is 3.28. The Kier molecular flexibility index (Phi) is 5.88. The zero-order chi connectivity index (χ0) is 21.1. The molecule has 1 amide bonds. The van der Waals surface area contributed by atoms with Crippen LogP contribution in [0.2, 0.25) is 0 Å². The van der Waals surface area contributed by atoms with Gasteiger partial charge in [-0.3, -0.25) is 4.79 Å². The lowest BCUT2D eigenvalue weighted by atomic mass is 10.0. The smallest absolute Gasteiger partial charge is 0.243 e. The normalized spacial score (nSPS) is 15.9. The molecule has 3 aromatic carbocycles. The van der Waals surface area contributed by atoms with Crippen LogP contribution in [0.15, 0.2) is 71.6 Å². The van der Waals surface area contributed by atoms with Gasteiger partial charge in [0.25, 0.3) is 0 Å². The molecular weight excluding hydrogens is 396 g/mol. The van der Waals surface area contributed by atoms with E-state index < -0.39 is 10.0 Å². The number of piperidine rings is 1. The molecule has 0 radical (unpaired) electrons. The molecule has 1 N–H and O–H groups in total. The molecule has 4 rings (SSSR count). The fourth-order valence-electron chi connectivity index (χ4n) is 3.91. The Bertz CT molecular complexity index is 1140. The maximum atomic E-state index is 12.8. The van der Waals surface area contributed by atoms with Crippen molar-refractivity contribution in [2.75, 3.05) is 18.4 Å². The summed E-state index contributed by atoms with van der Waals surface area (Å²) in [6, 6.07) is 20.4. The molecule has 0 spiro atoms. The highest BCUT2D eigenvalue weighted by Crippen LogP contribution is 2.25. The van der Waals surface area contributed by atoms with Gasteiger partial charge in [-0.25, -0.2) is 8.42 Å². The highest BCUT2D eigenvalue weighted by Gasteiger charge is 2.27. The third-order valence-corrected chi connectivity index (χ3v) is 7.66. The summed E-state index contributed by atoms with van der Waals surface area (Å²) < 4.78 is 27.2. The van der Waals surface area contributed by atoms with Crippen LogP contribution in [0.25, 0.3) is 10.8 Å². The van der Waals surface area contributed by atoms with Gasteiger partial charge in [0.05, 0.1) is 11.3 Å². The number of sulfonamides is 1. The topological polar surface area (TPSA) is 66.5 Å². The largest absolute Gasteiger partial charge is 0.326 e. The van der Waals surface area contributed by atoms with Crippen molar-refractivity contribution in [2.45, 2.75) is 31.1 Å². The SMILES string of the molecule is CC1CCN(S(=O)(=O)c2ccc(NC(=O)Cc3cccc4ccccc34)cc2)CC1.